The fourth-order valence-corrected chi connectivity index (χ4v) is 2.07. The topological polar surface area (TPSA) is 41.5 Å². The predicted molar refractivity (Wildman–Crippen MR) is 64.7 cm³/mol. The van der Waals surface area contributed by atoms with E-state index in [0.717, 1.165) is 30.6 Å². The van der Waals surface area contributed by atoms with Gasteiger partial charge in [-0.05, 0) is 18.4 Å². The van der Waals surface area contributed by atoms with Crippen molar-refractivity contribution < 1.29 is 9.84 Å². The lowest BCUT2D eigenvalue weighted by molar-refractivity contribution is 0.0367. The number of aliphatic hydroxyl groups excluding tert-OH is 1. The molecule has 0 spiro atoms. The maximum Gasteiger partial charge on any atom is 0.104 e. The van der Waals surface area contributed by atoms with Crippen LogP contribution >= 0.6 is 0 Å². The number of aliphatic hydroxyl groups is 1. The quantitative estimate of drug-likeness (QED) is 0.748. The van der Waals surface area contributed by atoms with Crippen LogP contribution in [0.2, 0.25) is 0 Å². The summed E-state index contributed by atoms with van der Waals surface area (Å²) in [7, 11) is 0. The van der Waals surface area contributed by atoms with E-state index in [2.05, 4.69) is 18.3 Å². The number of nitrogens with one attached hydrogen (secondary N) is 1. The Balaban J connectivity index is 2.05. The minimum absolute atomic E-state index is 0.381. The fourth-order valence-electron chi connectivity index (χ4n) is 2.07. The van der Waals surface area contributed by atoms with Crippen molar-refractivity contribution >= 4 is 5.69 Å². The second-order valence-electron chi connectivity index (χ2n) is 4.15. The highest BCUT2D eigenvalue weighted by Crippen LogP contribution is 2.30. The van der Waals surface area contributed by atoms with Gasteiger partial charge >= 0.3 is 0 Å². The van der Waals surface area contributed by atoms with Crippen LogP contribution in [0.5, 0.6) is 0 Å². The van der Waals surface area contributed by atoms with Gasteiger partial charge in [-0.1, -0.05) is 25.1 Å². The molecule has 1 unspecified atom stereocenters. The van der Waals surface area contributed by atoms with Crippen LogP contribution in [-0.4, -0.2) is 24.9 Å². The van der Waals surface area contributed by atoms with Gasteiger partial charge in [-0.2, -0.15) is 0 Å². The standard InChI is InChI=1S/C13H19NO2/c1-2-8-16-9-12(15)11-5-3-4-10-6-7-14-13(10)11/h3-5,12,14-15H,2,6-9H2,1H3. The summed E-state index contributed by atoms with van der Waals surface area (Å²) >= 11 is 0. The summed E-state index contributed by atoms with van der Waals surface area (Å²) in [5.41, 5.74) is 3.37. The van der Waals surface area contributed by atoms with Gasteiger partial charge < -0.3 is 15.2 Å². The van der Waals surface area contributed by atoms with Crippen LogP contribution in [0.15, 0.2) is 18.2 Å². The summed E-state index contributed by atoms with van der Waals surface area (Å²) in [5.74, 6) is 0. The minimum atomic E-state index is -0.521. The van der Waals surface area contributed by atoms with E-state index in [1.807, 2.05) is 12.1 Å². The first-order chi connectivity index (χ1) is 7.83. The molecule has 0 aromatic heterocycles. The molecular formula is C13H19NO2. The molecule has 16 heavy (non-hydrogen) atoms. The zero-order valence-electron chi connectivity index (χ0n) is 9.70. The SMILES string of the molecule is CCCOCC(O)c1cccc2c1NCC2. The number of para-hydroxylation sites is 1. The van der Waals surface area contributed by atoms with Crippen LogP contribution < -0.4 is 5.32 Å². The van der Waals surface area contributed by atoms with Gasteiger partial charge in [0.2, 0.25) is 0 Å². The van der Waals surface area contributed by atoms with Crippen LogP contribution in [-0.2, 0) is 11.2 Å². The van der Waals surface area contributed by atoms with Gasteiger partial charge in [-0.3, -0.25) is 0 Å². The molecule has 2 N–H and O–H groups in total. The average Bonchev–Trinajstić information content (AvgIpc) is 2.76. The van der Waals surface area contributed by atoms with Crippen molar-refractivity contribution in [1.29, 1.82) is 0 Å². The molecule has 0 radical (unpaired) electrons. The fraction of sp³-hybridized carbons (Fsp3) is 0.538. The second-order valence-corrected chi connectivity index (χ2v) is 4.15. The van der Waals surface area contributed by atoms with Crippen LogP contribution in [0.4, 0.5) is 5.69 Å². The summed E-state index contributed by atoms with van der Waals surface area (Å²) in [6, 6.07) is 6.08. The highest BCUT2D eigenvalue weighted by molar-refractivity contribution is 5.61. The number of anilines is 1. The first-order valence-corrected chi connectivity index (χ1v) is 5.94. The van der Waals surface area contributed by atoms with Crippen molar-refractivity contribution in [1.82, 2.24) is 0 Å². The van der Waals surface area contributed by atoms with Gasteiger partial charge in [-0.25, -0.2) is 0 Å². The van der Waals surface area contributed by atoms with E-state index < -0.39 is 6.10 Å². The molecule has 88 valence electrons. The summed E-state index contributed by atoms with van der Waals surface area (Å²) in [6.45, 7) is 4.12. The van der Waals surface area contributed by atoms with Gasteiger partial charge in [0.05, 0.1) is 6.61 Å². The normalized spacial score (nSPS) is 15.6. The predicted octanol–water partition coefficient (Wildman–Crippen LogP) is 2.11. The lowest BCUT2D eigenvalue weighted by Crippen LogP contribution is -2.09. The molecule has 2 rings (SSSR count). The van der Waals surface area contributed by atoms with E-state index in [4.69, 9.17) is 4.74 Å². The summed E-state index contributed by atoms with van der Waals surface area (Å²) in [6.07, 6.45) is 1.51. The average molecular weight is 221 g/mol. The van der Waals surface area contributed by atoms with Crippen molar-refractivity contribution in [3.8, 4) is 0 Å². The largest absolute Gasteiger partial charge is 0.386 e. The van der Waals surface area contributed by atoms with Crippen LogP contribution in [0.3, 0.4) is 0 Å². The molecule has 0 aliphatic carbocycles. The molecule has 1 aliphatic rings. The molecule has 1 heterocycles. The van der Waals surface area contributed by atoms with Gasteiger partial charge in [-0.15, -0.1) is 0 Å². The third kappa shape index (κ3) is 2.36. The molecule has 0 bridgehead atoms. The van der Waals surface area contributed by atoms with Crippen molar-refractivity contribution in [2.24, 2.45) is 0 Å². The number of benzene rings is 1. The molecule has 0 saturated heterocycles. The molecule has 1 aliphatic heterocycles. The minimum Gasteiger partial charge on any atom is -0.386 e. The second kappa shape index (κ2) is 5.32. The van der Waals surface area contributed by atoms with E-state index in [0.29, 0.717) is 13.2 Å². The highest BCUT2D eigenvalue weighted by Gasteiger charge is 2.18. The Hall–Kier alpha value is -1.06. The van der Waals surface area contributed by atoms with Crippen LogP contribution in [0, 0.1) is 0 Å². The molecule has 3 heteroatoms. The third-order valence-electron chi connectivity index (χ3n) is 2.86. The van der Waals surface area contributed by atoms with E-state index in [9.17, 15) is 5.11 Å². The van der Waals surface area contributed by atoms with Gasteiger partial charge in [0.25, 0.3) is 0 Å². The Morgan fingerprint density at radius 3 is 3.19 bits per heavy atom. The van der Waals surface area contributed by atoms with E-state index in [1.54, 1.807) is 0 Å². The maximum absolute atomic E-state index is 10.0. The van der Waals surface area contributed by atoms with Crippen molar-refractivity contribution in [2.45, 2.75) is 25.9 Å². The molecule has 0 fully saturated rings. The Morgan fingerprint density at radius 1 is 1.50 bits per heavy atom. The number of hydrogen-bond acceptors (Lipinski definition) is 3. The first-order valence-electron chi connectivity index (χ1n) is 5.94. The molecule has 0 saturated carbocycles. The molecule has 0 amide bonds. The van der Waals surface area contributed by atoms with E-state index in [1.165, 1.54) is 5.56 Å². The third-order valence-corrected chi connectivity index (χ3v) is 2.86. The number of rotatable bonds is 5. The van der Waals surface area contributed by atoms with Crippen LogP contribution in [0.1, 0.15) is 30.6 Å². The van der Waals surface area contributed by atoms with Gasteiger partial charge in [0.1, 0.15) is 6.10 Å². The Labute approximate surface area is 96.4 Å². The molecule has 3 nitrogen and oxygen atoms in total. The van der Waals surface area contributed by atoms with Crippen LogP contribution in [0.25, 0.3) is 0 Å². The lowest BCUT2D eigenvalue weighted by atomic mass is 10.0. The molecule has 1 aromatic carbocycles. The number of hydrogen-bond donors (Lipinski definition) is 2. The summed E-state index contributed by atoms with van der Waals surface area (Å²) in [4.78, 5) is 0. The van der Waals surface area contributed by atoms with E-state index >= 15 is 0 Å². The van der Waals surface area contributed by atoms with Crippen molar-refractivity contribution in [3.05, 3.63) is 29.3 Å². The first kappa shape index (κ1) is 11.4. The molecule has 1 atom stereocenters. The Morgan fingerprint density at radius 2 is 2.38 bits per heavy atom. The van der Waals surface area contributed by atoms with E-state index in [-0.39, 0.29) is 0 Å². The zero-order valence-corrected chi connectivity index (χ0v) is 9.70. The maximum atomic E-state index is 10.0. The summed E-state index contributed by atoms with van der Waals surface area (Å²) < 4.78 is 5.38. The summed E-state index contributed by atoms with van der Waals surface area (Å²) in [5, 5.41) is 13.4. The monoisotopic (exact) mass is 221 g/mol. The molecular weight excluding hydrogens is 202 g/mol. The zero-order chi connectivity index (χ0) is 11.4. The van der Waals surface area contributed by atoms with Gasteiger partial charge in [0, 0.05) is 24.4 Å². The Kier molecular flexibility index (Phi) is 3.80. The highest BCUT2D eigenvalue weighted by atomic mass is 16.5. The Bertz CT molecular complexity index is 352. The lowest BCUT2D eigenvalue weighted by Gasteiger charge is -2.15. The molecule has 1 aromatic rings. The number of ether oxygens (including phenoxy) is 1. The van der Waals surface area contributed by atoms with Crippen molar-refractivity contribution in [3.63, 3.8) is 0 Å². The van der Waals surface area contributed by atoms with Gasteiger partial charge in [0.15, 0.2) is 0 Å². The smallest absolute Gasteiger partial charge is 0.104 e. The number of fused-ring (bicyclic) bond motifs is 1. The van der Waals surface area contributed by atoms with Crippen molar-refractivity contribution in [2.75, 3.05) is 25.1 Å².